The molecule has 4 heteroatoms. The predicted octanol–water partition coefficient (Wildman–Crippen LogP) is 1.85. The van der Waals surface area contributed by atoms with Crippen LogP contribution in [0, 0.1) is 6.92 Å². The zero-order chi connectivity index (χ0) is 11.5. The minimum absolute atomic E-state index is 0. The number of hydrogen-bond acceptors (Lipinski definition) is 2. The SMILES string of the molecule is Cc1ccc(C(=O)N2CCNCC2C)cc1.Cl. The highest BCUT2D eigenvalue weighted by molar-refractivity contribution is 5.94. The van der Waals surface area contributed by atoms with Crippen LogP contribution in [0.15, 0.2) is 24.3 Å². The van der Waals surface area contributed by atoms with Gasteiger partial charge in [-0.05, 0) is 26.0 Å². The second kappa shape index (κ2) is 6.03. The van der Waals surface area contributed by atoms with Gasteiger partial charge in [0.2, 0.25) is 0 Å². The highest BCUT2D eigenvalue weighted by Crippen LogP contribution is 2.11. The number of benzene rings is 1. The van der Waals surface area contributed by atoms with Crippen molar-refractivity contribution in [2.45, 2.75) is 19.9 Å². The van der Waals surface area contributed by atoms with Crippen molar-refractivity contribution in [3.8, 4) is 0 Å². The van der Waals surface area contributed by atoms with Gasteiger partial charge < -0.3 is 10.2 Å². The summed E-state index contributed by atoms with van der Waals surface area (Å²) in [7, 11) is 0. The standard InChI is InChI=1S/C13H18N2O.ClH/c1-10-3-5-12(6-4-10)13(16)15-8-7-14-9-11(15)2;/h3-6,11,14H,7-9H2,1-2H3;1H. The maximum Gasteiger partial charge on any atom is 0.254 e. The molecule has 3 nitrogen and oxygen atoms in total. The molecule has 1 atom stereocenters. The van der Waals surface area contributed by atoms with Crippen LogP contribution in [-0.4, -0.2) is 36.5 Å². The van der Waals surface area contributed by atoms with Crippen molar-refractivity contribution in [3.63, 3.8) is 0 Å². The molecule has 1 amide bonds. The molecule has 1 aliphatic rings. The van der Waals surface area contributed by atoms with Crippen molar-refractivity contribution in [2.75, 3.05) is 19.6 Å². The van der Waals surface area contributed by atoms with Crippen molar-refractivity contribution in [2.24, 2.45) is 0 Å². The summed E-state index contributed by atoms with van der Waals surface area (Å²) in [5.41, 5.74) is 1.98. The van der Waals surface area contributed by atoms with E-state index in [0.717, 1.165) is 25.2 Å². The van der Waals surface area contributed by atoms with Gasteiger partial charge >= 0.3 is 0 Å². The van der Waals surface area contributed by atoms with E-state index in [0.29, 0.717) is 0 Å². The third-order valence-electron chi connectivity index (χ3n) is 3.06. The van der Waals surface area contributed by atoms with E-state index >= 15 is 0 Å². The third-order valence-corrected chi connectivity index (χ3v) is 3.06. The first-order valence-corrected chi connectivity index (χ1v) is 5.77. The van der Waals surface area contributed by atoms with Gasteiger partial charge in [-0.25, -0.2) is 0 Å². The fourth-order valence-electron chi connectivity index (χ4n) is 2.00. The van der Waals surface area contributed by atoms with Crippen molar-refractivity contribution in [1.82, 2.24) is 10.2 Å². The normalized spacial score (nSPS) is 19.6. The molecule has 94 valence electrons. The van der Waals surface area contributed by atoms with Crippen LogP contribution in [-0.2, 0) is 0 Å². The zero-order valence-electron chi connectivity index (χ0n) is 10.3. The molecule has 1 unspecified atom stereocenters. The van der Waals surface area contributed by atoms with E-state index in [-0.39, 0.29) is 24.4 Å². The number of aryl methyl sites for hydroxylation is 1. The molecule has 0 aliphatic carbocycles. The van der Waals surface area contributed by atoms with Crippen LogP contribution in [0.3, 0.4) is 0 Å². The lowest BCUT2D eigenvalue weighted by Gasteiger charge is -2.34. The summed E-state index contributed by atoms with van der Waals surface area (Å²) >= 11 is 0. The first-order valence-electron chi connectivity index (χ1n) is 5.77. The van der Waals surface area contributed by atoms with E-state index < -0.39 is 0 Å². The maximum atomic E-state index is 12.2. The van der Waals surface area contributed by atoms with Crippen LogP contribution in [0.2, 0.25) is 0 Å². The average molecular weight is 255 g/mol. The predicted molar refractivity (Wildman–Crippen MR) is 71.8 cm³/mol. The summed E-state index contributed by atoms with van der Waals surface area (Å²) in [5.74, 6) is 0.147. The van der Waals surface area contributed by atoms with Gasteiger partial charge in [-0.2, -0.15) is 0 Å². The fraction of sp³-hybridized carbons (Fsp3) is 0.462. The van der Waals surface area contributed by atoms with E-state index in [9.17, 15) is 4.79 Å². The molecule has 1 aromatic carbocycles. The van der Waals surface area contributed by atoms with E-state index in [1.807, 2.05) is 36.1 Å². The minimum Gasteiger partial charge on any atom is -0.333 e. The van der Waals surface area contributed by atoms with Gasteiger partial charge in [0.05, 0.1) is 0 Å². The number of hydrogen-bond donors (Lipinski definition) is 1. The highest BCUT2D eigenvalue weighted by atomic mass is 35.5. The Bertz CT molecular complexity index is 378. The number of nitrogens with one attached hydrogen (secondary N) is 1. The van der Waals surface area contributed by atoms with Gasteiger partial charge in [-0.1, -0.05) is 17.7 Å². The Morgan fingerprint density at radius 2 is 2.00 bits per heavy atom. The third kappa shape index (κ3) is 3.20. The molecule has 1 N–H and O–H groups in total. The monoisotopic (exact) mass is 254 g/mol. The molecule has 1 heterocycles. The highest BCUT2D eigenvalue weighted by Gasteiger charge is 2.23. The molecular formula is C13H19ClN2O. The Morgan fingerprint density at radius 1 is 1.35 bits per heavy atom. The number of piperazine rings is 1. The van der Waals surface area contributed by atoms with Gasteiger partial charge in [0.25, 0.3) is 5.91 Å². The summed E-state index contributed by atoms with van der Waals surface area (Å²) in [4.78, 5) is 14.2. The van der Waals surface area contributed by atoms with Crippen molar-refractivity contribution in [1.29, 1.82) is 0 Å². The fourth-order valence-corrected chi connectivity index (χ4v) is 2.00. The quantitative estimate of drug-likeness (QED) is 0.830. The van der Waals surface area contributed by atoms with Gasteiger partial charge in [-0.15, -0.1) is 12.4 Å². The van der Waals surface area contributed by atoms with Gasteiger partial charge in [0, 0.05) is 31.2 Å². The van der Waals surface area contributed by atoms with Crippen LogP contribution >= 0.6 is 12.4 Å². The molecule has 0 spiro atoms. The smallest absolute Gasteiger partial charge is 0.254 e. The lowest BCUT2D eigenvalue weighted by Crippen LogP contribution is -2.52. The summed E-state index contributed by atoms with van der Waals surface area (Å²) in [5, 5.41) is 3.29. The Morgan fingerprint density at radius 3 is 2.59 bits per heavy atom. The molecule has 17 heavy (non-hydrogen) atoms. The minimum atomic E-state index is 0. The Balaban J connectivity index is 0.00000144. The number of rotatable bonds is 1. The Hall–Kier alpha value is -1.06. The van der Waals surface area contributed by atoms with E-state index in [1.54, 1.807) is 0 Å². The van der Waals surface area contributed by atoms with Crippen molar-refractivity contribution < 1.29 is 4.79 Å². The average Bonchev–Trinajstić information content (AvgIpc) is 2.30. The first-order chi connectivity index (χ1) is 7.68. The summed E-state index contributed by atoms with van der Waals surface area (Å²) in [6.45, 7) is 6.69. The van der Waals surface area contributed by atoms with Crippen LogP contribution in [0.25, 0.3) is 0 Å². The number of carbonyl (C=O) groups is 1. The number of halogens is 1. The summed E-state index contributed by atoms with van der Waals surface area (Å²) in [6, 6.07) is 8.07. The van der Waals surface area contributed by atoms with Gasteiger partial charge in [0.15, 0.2) is 0 Å². The molecule has 0 saturated carbocycles. The number of nitrogens with zero attached hydrogens (tertiary/aromatic N) is 1. The number of amides is 1. The Labute approximate surface area is 109 Å². The topological polar surface area (TPSA) is 32.3 Å². The molecule has 0 radical (unpaired) electrons. The summed E-state index contributed by atoms with van der Waals surface area (Å²) in [6.07, 6.45) is 0. The second-order valence-corrected chi connectivity index (χ2v) is 4.42. The van der Waals surface area contributed by atoms with Crippen LogP contribution in [0.1, 0.15) is 22.8 Å². The van der Waals surface area contributed by atoms with Crippen LogP contribution in [0.5, 0.6) is 0 Å². The van der Waals surface area contributed by atoms with Crippen molar-refractivity contribution >= 4 is 18.3 Å². The lowest BCUT2D eigenvalue weighted by molar-refractivity contribution is 0.0656. The molecule has 0 aromatic heterocycles. The first kappa shape index (κ1) is 14.0. The molecule has 2 rings (SSSR count). The second-order valence-electron chi connectivity index (χ2n) is 4.42. The molecule has 0 bridgehead atoms. The van der Waals surface area contributed by atoms with Crippen LogP contribution < -0.4 is 5.32 Å². The Kier molecular flexibility index (Phi) is 4.97. The maximum absolute atomic E-state index is 12.2. The van der Waals surface area contributed by atoms with E-state index in [4.69, 9.17) is 0 Å². The van der Waals surface area contributed by atoms with E-state index in [1.165, 1.54) is 5.56 Å². The van der Waals surface area contributed by atoms with Crippen molar-refractivity contribution in [3.05, 3.63) is 35.4 Å². The van der Waals surface area contributed by atoms with Gasteiger partial charge in [-0.3, -0.25) is 4.79 Å². The zero-order valence-corrected chi connectivity index (χ0v) is 11.1. The van der Waals surface area contributed by atoms with E-state index in [2.05, 4.69) is 12.2 Å². The summed E-state index contributed by atoms with van der Waals surface area (Å²) < 4.78 is 0. The van der Waals surface area contributed by atoms with Gasteiger partial charge in [0.1, 0.15) is 0 Å². The molecule has 1 aliphatic heterocycles. The molecule has 1 aromatic rings. The number of carbonyl (C=O) groups excluding carboxylic acids is 1. The molecule has 1 saturated heterocycles. The molecular weight excluding hydrogens is 236 g/mol. The largest absolute Gasteiger partial charge is 0.333 e. The lowest BCUT2D eigenvalue weighted by atomic mass is 10.1. The molecule has 1 fully saturated rings. The van der Waals surface area contributed by atoms with Crippen LogP contribution in [0.4, 0.5) is 0 Å².